The van der Waals surface area contributed by atoms with Gasteiger partial charge in [0, 0.05) is 32.5 Å². The highest BCUT2D eigenvalue weighted by molar-refractivity contribution is 7.92. The van der Waals surface area contributed by atoms with E-state index in [1.807, 2.05) is 61.5 Å². The Labute approximate surface area is 248 Å². The molecule has 0 radical (unpaired) electrons. The van der Waals surface area contributed by atoms with E-state index in [4.69, 9.17) is 4.74 Å². The van der Waals surface area contributed by atoms with E-state index < -0.39 is 21.9 Å². The van der Waals surface area contributed by atoms with Crippen LogP contribution in [0.5, 0.6) is 5.75 Å². The molecule has 0 bridgehead atoms. The van der Waals surface area contributed by atoms with Crippen LogP contribution in [0.3, 0.4) is 0 Å². The molecule has 2 amide bonds. The quantitative estimate of drug-likeness (QED) is 0.236. The summed E-state index contributed by atoms with van der Waals surface area (Å²) in [7, 11) is -2.12. The van der Waals surface area contributed by atoms with Crippen LogP contribution in [0, 0.1) is 5.82 Å². The number of anilines is 1. The Morgan fingerprint density at radius 1 is 0.952 bits per heavy atom. The van der Waals surface area contributed by atoms with E-state index in [0.29, 0.717) is 24.4 Å². The van der Waals surface area contributed by atoms with Gasteiger partial charge >= 0.3 is 0 Å². The number of carbonyl (C=O) groups is 2. The number of nitrogens with one attached hydrogen (secondary N) is 1. The van der Waals surface area contributed by atoms with Gasteiger partial charge in [0.2, 0.25) is 21.8 Å². The van der Waals surface area contributed by atoms with E-state index in [1.54, 1.807) is 12.0 Å². The van der Waals surface area contributed by atoms with Gasteiger partial charge in [0.25, 0.3) is 0 Å². The van der Waals surface area contributed by atoms with Crippen molar-refractivity contribution in [1.29, 1.82) is 0 Å². The van der Waals surface area contributed by atoms with Crippen LogP contribution in [0.4, 0.5) is 10.1 Å². The third kappa shape index (κ3) is 9.87. The monoisotopic (exact) mass is 597 g/mol. The van der Waals surface area contributed by atoms with Crippen LogP contribution in [0.15, 0.2) is 78.9 Å². The molecular weight excluding hydrogens is 557 g/mol. The fraction of sp³-hybridized carbons (Fsp3) is 0.375. The van der Waals surface area contributed by atoms with Gasteiger partial charge < -0.3 is 15.0 Å². The van der Waals surface area contributed by atoms with Crippen molar-refractivity contribution in [2.75, 3.05) is 30.8 Å². The molecule has 0 aliphatic heterocycles. The second kappa shape index (κ2) is 15.9. The van der Waals surface area contributed by atoms with Gasteiger partial charge in [0.1, 0.15) is 17.6 Å². The lowest BCUT2D eigenvalue weighted by Crippen LogP contribution is -2.50. The molecule has 0 heterocycles. The zero-order chi connectivity index (χ0) is 30.5. The van der Waals surface area contributed by atoms with Crippen molar-refractivity contribution in [2.45, 2.75) is 51.6 Å². The smallest absolute Gasteiger partial charge is 0.243 e. The lowest BCUT2D eigenvalue weighted by atomic mass is 10.0. The second-order valence-electron chi connectivity index (χ2n) is 10.1. The predicted molar refractivity (Wildman–Crippen MR) is 163 cm³/mol. The molecule has 226 valence electrons. The minimum absolute atomic E-state index is 0.00468. The van der Waals surface area contributed by atoms with Crippen molar-refractivity contribution in [3.8, 4) is 5.75 Å². The van der Waals surface area contributed by atoms with Gasteiger partial charge in [-0.3, -0.25) is 13.9 Å². The first-order chi connectivity index (χ1) is 20.1. The predicted octanol–water partition coefficient (Wildman–Crippen LogP) is 4.94. The average molecular weight is 598 g/mol. The molecule has 0 aliphatic rings. The van der Waals surface area contributed by atoms with Crippen LogP contribution in [0.1, 0.15) is 43.7 Å². The number of nitrogens with zero attached hydrogens (tertiary/aromatic N) is 2. The number of rotatable bonds is 16. The number of unbranched alkanes of at least 4 members (excludes halogenated alkanes) is 1. The summed E-state index contributed by atoms with van der Waals surface area (Å²) in [5, 5.41) is 2.99. The Morgan fingerprint density at radius 3 is 2.29 bits per heavy atom. The normalized spacial score (nSPS) is 11.9. The Bertz CT molecular complexity index is 1400. The van der Waals surface area contributed by atoms with E-state index in [1.165, 1.54) is 24.3 Å². The maximum absolute atomic E-state index is 13.9. The van der Waals surface area contributed by atoms with Gasteiger partial charge in [0.05, 0.1) is 19.1 Å². The number of ether oxygens (including phenoxy) is 1. The minimum Gasteiger partial charge on any atom is -0.497 e. The van der Waals surface area contributed by atoms with Crippen LogP contribution in [-0.2, 0) is 32.6 Å². The molecule has 1 N–H and O–H groups in total. The summed E-state index contributed by atoms with van der Waals surface area (Å²) in [6, 6.07) is 21.3. The number of methoxy groups -OCH3 is 1. The summed E-state index contributed by atoms with van der Waals surface area (Å²) < 4.78 is 45.0. The highest BCUT2D eigenvalue weighted by atomic mass is 32.2. The topological polar surface area (TPSA) is 96.0 Å². The number of amides is 2. The first-order valence-corrected chi connectivity index (χ1v) is 15.9. The molecule has 3 aromatic carbocycles. The molecule has 3 aromatic rings. The third-order valence-corrected chi connectivity index (χ3v) is 8.05. The van der Waals surface area contributed by atoms with Crippen molar-refractivity contribution in [2.24, 2.45) is 0 Å². The molecule has 1 atom stereocenters. The first-order valence-electron chi connectivity index (χ1n) is 14.1. The summed E-state index contributed by atoms with van der Waals surface area (Å²) >= 11 is 0. The van der Waals surface area contributed by atoms with Crippen LogP contribution in [0.2, 0.25) is 0 Å². The average Bonchev–Trinajstić information content (AvgIpc) is 2.97. The maximum atomic E-state index is 13.9. The van der Waals surface area contributed by atoms with E-state index in [2.05, 4.69) is 5.32 Å². The van der Waals surface area contributed by atoms with Crippen molar-refractivity contribution in [3.63, 3.8) is 0 Å². The Kier molecular flexibility index (Phi) is 12.3. The fourth-order valence-electron chi connectivity index (χ4n) is 4.64. The van der Waals surface area contributed by atoms with Crippen molar-refractivity contribution in [1.82, 2.24) is 10.2 Å². The van der Waals surface area contributed by atoms with Crippen molar-refractivity contribution in [3.05, 3.63) is 95.8 Å². The van der Waals surface area contributed by atoms with Crippen LogP contribution >= 0.6 is 0 Å². The maximum Gasteiger partial charge on any atom is 0.243 e. The SMILES string of the molecule is CCCCNC(=O)C(Cc1ccccc1)N(Cc1cccc(OC)c1)C(=O)CCCN(c1ccc(F)cc1)S(C)(=O)=O. The summed E-state index contributed by atoms with van der Waals surface area (Å²) in [5.41, 5.74) is 2.03. The van der Waals surface area contributed by atoms with E-state index in [-0.39, 0.29) is 37.7 Å². The van der Waals surface area contributed by atoms with E-state index >= 15 is 0 Å². The molecule has 0 spiro atoms. The number of carbonyl (C=O) groups excluding carboxylic acids is 2. The highest BCUT2D eigenvalue weighted by Crippen LogP contribution is 2.22. The largest absolute Gasteiger partial charge is 0.497 e. The lowest BCUT2D eigenvalue weighted by Gasteiger charge is -2.32. The van der Waals surface area contributed by atoms with Gasteiger partial charge in [-0.05, 0) is 60.4 Å². The van der Waals surface area contributed by atoms with Gasteiger partial charge in [0.15, 0.2) is 0 Å². The van der Waals surface area contributed by atoms with Crippen molar-refractivity contribution < 1.29 is 27.1 Å². The van der Waals surface area contributed by atoms with Crippen molar-refractivity contribution >= 4 is 27.5 Å². The molecule has 3 rings (SSSR count). The first kappa shape index (κ1) is 32.6. The van der Waals surface area contributed by atoms with Crippen LogP contribution < -0.4 is 14.4 Å². The summed E-state index contributed by atoms with van der Waals surface area (Å²) in [4.78, 5) is 29.0. The van der Waals surface area contributed by atoms with Crippen LogP contribution in [-0.4, -0.2) is 57.6 Å². The summed E-state index contributed by atoms with van der Waals surface area (Å²) in [6.07, 6.45) is 3.33. The Hall–Kier alpha value is -3.92. The molecule has 0 aliphatic carbocycles. The molecule has 42 heavy (non-hydrogen) atoms. The Morgan fingerprint density at radius 2 is 1.64 bits per heavy atom. The zero-order valence-corrected chi connectivity index (χ0v) is 25.3. The molecule has 0 aromatic heterocycles. The summed E-state index contributed by atoms with van der Waals surface area (Å²) in [5.74, 6) is -0.364. The van der Waals surface area contributed by atoms with Gasteiger partial charge in [-0.15, -0.1) is 0 Å². The highest BCUT2D eigenvalue weighted by Gasteiger charge is 2.30. The second-order valence-corrected chi connectivity index (χ2v) is 12.0. The number of hydrogen-bond donors (Lipinski definition) is 1. The number of halogens is 1. The molecule has 10 heteroatoms. The minimum atomic E-state index is -3.68. The number of hydrogen-bond acceptors (Lipinski definition) is 5. The van der Waals surface area contributed by atoms with Gasteiger partial charge in [-0.1, -0.05) is 55.8 Å². The lowest BCUT2D eigenvalue weighted by molar-refractivity contribution is -0.141. The number of sulfonamides is 1. The molecule has 0 saturated carbocycles. The fourth-order valence-corrected chi connectivity index (χ4v) is 5.60. The molecule has 0 saturated heterocycles. The van der Waals surface area contributed by atoms with E-state index in [9.17, 15) is 22.4 Å². The van der Waals surface area contributed by atoms with Crippen LogP contribution in [0.25, 0.3) is 0 Å². The third-order valence-electron chi connectivity index (χ3n) is 6.85. The summed E-state index contributed by atoms with van der Waals surface area (Å²) in [6.45, 7) is 2.73. The standard InChI is InChI=1S/C32H40FN3O5S/c1-4-5-20-34-32(38)30(23-25-11-7-6-8-12-25)35(24-26-13-9-14-29(22-26)41-2)31(37)15-10-21-36(42(3,39)40)28-18-16-27(33)17-19-28/h6-9,11-14,16-19,22,30H,4-5,10,15,20-21,23-24H2,1-3H3,(H,34,38). The molecule has 0 fully saturated rings. The van der Waals surface area contributed by atoms with Gasteiger partial charge in [-0.2, -0.15) is 0 Å². The Balaban J connectivity index is 1.88. The molecule has 8 nitrogen and oxygen atoms in total. The molecular formula is C32H40FN3O5S. The zero-order valence-electron chi connectivity index (χ0n) is 24.5. The van der Waals surface area contributed by atoms with E-state index in [0.717, 1.165) is 34.5 Å². The number of benzene rings is 3. The van der Waals surface area contributed by atoms with Gasteiger partial charge in [-0.25, -0.2) is 12.8 Å². The molecule has 1 unspecified atom stereocenters.